The molecule has 9 heteroatoms. The number of hydrogen-bond acceptors (Lipinski definition) is 6. The van der Waals surface area contributed by atoms with Gasteiger partial charge in [0.05, 0.1) is 29.0 Å². The standard InChI is InChI=1S/C25H23ClN6O2/c1-14-10-18(12-20(26)28-14)23-22(17-7-5-6-16(11-17)13-27)30-21-9-8-19(31-32(21)23)24(33)29-15(2)25(3,4)34/h5-12,15,34H,1-4H3,(H,29,33). The third-order valence-corrected chi connectivity index (χ3v) is 5.77. The molecule has 3 heterocycles. The predicted molar refractivity (Wildman–Crippen MR) is 129 cm³/mol. The third kappa shape index (κ3) is 4.62. The Kier molecular flexibility index (Phi) is 6.09. The molecule has 34 heavy (non-hydrogen) atoms. The Morgan fingerprint density at radius 2 is 1.94 bits per heavy atom. The van der Waals surface area contributed by atoms with Crippen molar-refractivity contribution in [1.82, 2.24) is 24.9 Å². The number of nitrogens with zero attached hydrogens (tertiary/aromatic N) is 5. The lowest BCUT2D eigenvalue weighted by atomic mass is 10.0. The second kappa shape index (κ2) is 8.86. The Morgan fingerprint density at radius 1 is 1.18 bits per heavy atom. The van der Waals surface area contributed by atoms with Gasteiger partial charge in [-0.05, 0) is 64.1 Å². The van der Waals surface area contributed by atoms with Crippen LogP contribution in [0.15, 0.2) is 48.5 Å². The van der Waals surface area contributed by atoms with E-state index in [-0.39, 0.29) is 5.69 Å². The van der Waals surface area contributed by atoms with Crippen molar-refractivity contribution >= 4 is 23.2 Å². The maximum absolute atomic E-state index is 12.9. The molecule has 1 aromatic carbocycles. The number of benzene rings is 1. The molecule has 4 aromatic rings. The van der Waals surface area contributed by atoms with Crippen LogP contribution in [-0.2, 0) is 0 Å². The summed E-state index contributed by atoms with van der Waals surface area (Å²) in [4.78, 5) is 21.9. The minimum atomic E-state index is -1.09. The van der Waals surface area contributed by atoms with Gasteiger partial charge in [0.25, 0.3) is 5.91 Å². The zero-order valence-corrected chi connectivity index (χ0v) is 19.9. The molecule has 0 aliphatic carbocycles. The molecule has 1 atom stereocenters. The van der Waals surface area contributed by atoms with E-state index in [1.54, 1.807) is 61.7 Å². The van der Waals surface area contributed by atoms with Crippen LogP contribution in [0.2, 0.25) is 5.15 Å². The molecule has 0 saturated heterocycles. The van der Waals surface area contributed by atoms with Crippen LogP contribution < -0.4 is 5.32 Å². The molecule has 3 aromatic heterocycles. The average molecular weight is 475 g/mol. The quantitative estimate of drug-likeness (QED) is 0.419. The molecule has 172 valence electrons. The van der Waals surface area contributed by atoms with Crippen LogP contribution in [0, 0.1) is 18.3 Å². The highest BCUT2D eigenvalue weighted by Crippen LogP contribution is 2.34. The molecule has 0 aliphatic rings. The van der Waals surface area contributed by atoms with Gasteiger partial charge in [0.15, 0.2) is 5.65 Å². The number of fused-ring (bicyclic) bond motifs is 1. The highest BCUT2D eigenvalue weighted by atomic mass is 35.5. The molecule has 0 aliphatic heterocycles. The van der Waals surface area contributed by atoms with Gasteiger partial charge in [0.1, 0.15) is 16.5 Å². The number of nitriles is 1. The Balaban J connectivity index is 1.92. The van der Waals surface area contributed by atoms with Crippen molar-refractivity contribution in [2.45, 2.75) is 39.3 Å². The minimum absolute atomic E-state index is 0.163. The lowest BCUT2D eigenvalue weighted by molar-refractivity contribution is 0.0407. The Hall–Kier alpha value is -3.80. The highest BCUT2D eigenvalue weighted by Gasteiger charge is 2.25. The van der Waals surface area contributed by atoms with Gasteiger partial charge in [0, 0.05) is 16.8 Å². The fourth-order valence-electron chi connectivity index (χ4n) is 3.46. The molecule has 0 bridgehead atoms. The summed E-state index contributed by atoms with van der Waals surface area (Å²) in [5.41, 5.74) is 3.45. The number of carbonyl (C=O) groups is 1. The van der Waals surface area contributed by atoms with Gasteiger partial charge in [-0.1, -0.05) is 23.7 Å². The number of aromatic nitrogens is 4. The normalized spacial score (nSPS) is 12.4. The summed E-state index contributed by atoms with van der Waals surface area (Å²) in [5, 5.41) is 27.2. The Morgan fingerprint density at radius 3 is 2.62 bits per heavy atom. The minimum Gasteiger partial charge on any atom is -0.388 e. The molecule has 1 amide bonds. The number of carbonyl (C=O) groups excluding carboxylic acids is 1. The molecule has 0 spiro atoms. The van der Waals surface area contributed by atoms with E-state index in [1.165, 1.54) is 0 Å². The van der Waals surface area contributed by atoms with E-state index in [9.17, 15) is 15.2 Å². The summed E-state index contributed by atoms with van der Waals surface area (Å²) in [6.07, 6.45) is 0. The van der Waals surface area contributed by atoms with Crippen LogP contribution in [0.5, 0.6) is 0 Å². The van der Waals surface area contributed by atoms with Crippen LogP contribution in [0.3, 0.4) is 0 Å². The summed E-state index contributed by atoms with van der Waals surface area (Å²) in [7, 11) is 0. The van der Waals surface area contributed by atoms with E-state index in [2.05, 4.69) is 21.5 Å². The molecule has 4 rings (SSSR count). The summed E-state index contributed by atoms with van der Waals surface area (Å²) in [5.74, 6) is -0.423. The molecular formula is C25H23ClN6O2. The van der Waals surface area contributed by atoms with E-state index in [1.807, 2.05) is 19.1 Å². The summed E-state index contributed by atoms with van der Waals surface area (Å²) in [6.45, 7) is 6.80. The van der Waals surface area contributed by atoms with Crippen LogP contribution in [0.1, 0.15) is 42.5 Å². The fourth-order valence-corrected chi connectivity index (χ4v) is 3.71. The van der Waals surface area contributed by atoms with Gasteiger partial charge >= 0.3 is 0 Å². The van der Waals surface area contributed by atoms with Gasteiger partial charge in [-0.25, -0.2) is 14.5 Å². The van der Waals surface area contributed by atoms with E-state index in [0.29, 0.717) is 33.4 Å². The topological polar surface area (TPSA) is 116 Å². The number of hydrogen-bond donors (Lipinski definition) is 2. The van der Waals surface area contributed by atoms with Crippen molar-refractivity contribution in [3.05, 3.63) is 70.6 Å². The Labute approximate surface area is 201 Å². The molecule has 2 N–H and O–H groups in total. The highest BCUT2D eigenvalue weighted by molar-refractivity contribution is 6.29. The third-order valence-electron chi connectivity index (χ3n) is 5.58. The number of pyridine rings is 1. The smallest absolute Gasteiger partial charge is 0.272 e. The zero-order valence-electron chi connectivity index (χ0n) is 19.2. The van der Waals surface area contributed by atoms with Crippen molar-refractivity contribution in [3.63, 3.8) is 0 Å². The maximum Gasteiger partial charge on any atom is 0.272 e. The summed E-state index contributed by atoms with van der Waals surface area (Å²) >= 11 is 6.25. The fraction of sp³-hybridized carbons (Fsp3) is 0.240. The van der Waals surface area contributed by atoms with Crippen molar-refractivity contribution in [1.29, 1.82) is 5.26 Å². The van der Waals surface area contributed by atoms with Crippen LogP contribution in [-0.4, -0.2) is 42.2 Å². The summed E-state index contributed by atoms with van der Waals surface area (Å²) in [6, 6.07) is 15.6. The summed E-state index contributed by atoms with van der Waals surface area (Å²) < 4.78 is 1.59. The number of aliphatic hydroxyl groups is 1. The van der Waals surface area contributed by atoms with Crippen molar-refractivity contribution in [2.24, 2.45) is 0 Å². The second-order valence-corrected chi connectivity index (χ2v) is 9.05. The van der Waals surface area contributed by atoms with Gasteiger partial charge < -0.3 is 10.4 Å². The number of aryl methyl sites for hydroxylation is 1. The van der Waals surface area contributed by atoms with Gasteiger partial charge in [-0.15, -0.1) is 0 Å². The average Bonchev–Trinajstić information content (AvgIpc) is 3.16. The first-order valence-corrected chi connectivity index (χ1v) is 11.0. The Bertz CT molecular complexity index is 1430. The molecular weight excluding hydrogens is 452 g/mol. The largest absolute Gasteiger partial charge is 0.388 e. The number of halogens is 1. The van der Waals surface area contributed by atoms with E-state index < -0.39 is 17.6 Å². The number of rotatable bonds is 5. The van der Waals surface area contributed by atoms with Gasteiger partial charge in [0.2, 0.25) is 0 Å². The molecule has 0 radical (unpaired) electrons. The zero-order chi connectivity index (χ0) is 24.6. The molecule has 0 saturated carbocycles. The van der Waals surface area contributed by atoms with Crippen LogP contribution >= 0.6 is 11.6 Å². The molecule has 8 nitrogen and oxygen atoms in total. The van der Waals surface area contributed by atoms with E-state index >= 15 is 0 Å². The second-order valence-electron chi connectivity index (χ2n) is 8.66. The maximum atomic E-state index is 12.9. The van der Waals surface area contributed by atoms with Crippen molar-refractivity contribution in [2.75, 3.05) is 0 Å². The number of imidazole rings is 1. The van der Waals surface area contributed by atoms with Gasteiger partial charge in [-0.3, -0.25) is 4.79 Å². The lowest BCUT2D eigenvalue weighted by Crippen LogP contribution is -2.47. The number of amides is 1. The van der Waals surface area contributed by atoms with Crippen LogP contribution in [0.4, 0.5) is 0 Å². The molecule has 1 unspecified atom stereocenters. The van der Waals surface area contributed by atoms with Crippen molar-refractivity contribution < 1.29 is 9.90 Å². The van der Waals surface area contributed by atoms with Crippen LogP contribution in [0.25, 0.3) is 28.2 Å². The first-order chi connectivity index (χ1) is 16.1. The first kappa shape index (κ1) is 23.4. The predicted octanol–water partition coefficient (Wildman–Crippen LogP) is 4.18. The lowest BCUT2D eigenvalue weighted by Gasteiger charge is -2.26. The number of nitrogens with one attached hydrogen (secondary N) is 1. The van der Waals surface area contributed by atoms with E-state index in [0.717, 1.165) is 11.1 Å². The monoisotopic (exact) mass is 474 g/mol. The van der Waals surface area contributed by atoms with E-state index in [4.69, 9.17) is 16.6 Å². The van der Waals surface area contributed by atoms with Crippen molar-refractivity contribution in [3.8, 4) is 28.6 Å². The molecule has 0 fully saturated rings. The van der Waals surface area contributed by atoms with Gasteiger partial charge in [-0.2, -0.15) is 10.4 Å². The SMILES string of the molecule is Cc1cc(-c2c(-c3cccc(C#N)c3)nc3ccc(C(=O)NC(C)C(C)(C)O)nn23)cc(Cl)n1. The first-order valence-electron chi connectivity index (χ1n) is 10.6.